The summed E-state index contributed by atoms with van der Waals surface area (Å²) < 4.78 is 5.56. The van der Waals surface area contributed by atoms with Crippen molar-refractivity contribution in [3.05, 3.63) is 0 Å². The van der Waals surface area contributed by atoms with Gasteiger partial charge in [0.15, 0.2) is 0 Å². The van der Waals surface area contributed by atoms with Crippen molar-refractivity contribution in [3.8, 4) is 0 Å². The molecular weight excluding hydrogens is 260 g/mol. The zero-order valence-electron chi connectivity index (χ0n) is 12.1. The predicted octanol–water partition coefficient (Wildman–Crippen LogP) is 1.45. The molecule has 2 aliphatic rings. The van der Waals surface area contributed by atoms with Crippen LogP contribution in [0.15, 0.2) is 0 Å². The molecule has 2 unspecified atom stereocenters. The fourth-order valence-electron chi connectivity index (χ4n) is 2.94. The minimum Gasteiger partial charge on any atom is -0.481 e. The molecule has 114 valence electrons. The number of urea groups is 1. The molecule has 0 saturated carbocycles. The number of hydrogen-bond acceptors (Lipinski definition) is 3. The van der Waals surface area contributed by atoms with Crippen LogP contribution in [0.2, 0.25) is 0 Å². The third kappa shape index (κ3) is 3.23. The number of carbonyl (C=O) groups is 2. The third-order valence-electron chi connectivity index (χ3n) is 4.53. The molecule has 2 rings (SSSR count). The number of nitrogens with one attached hydrogen (secondary N) is 1. The molecule has 0 aromatic rings. The van der Waals surface area contributed by atoms with Crippen LogP contribution < -0.4 is 5.32 Å². The molecule has 0 aromatic carbocycles. The first kappa shape index (κ1) is 15.1. The summed E-state index contributed by atoms with van der Waals surface area (Å²) >= 11 is 0. The van der Waals surface area contributed by atoms with Gasteiger partial charge in [0.05, 0.1) is 11.5 Å². The molecule has 2 N–H and O–H groups in total. The SMILES string of the molecule is CCC1(C(=O)O)CCN(C(=O)NCC2CCCCO2)C1. The van der Waals surface area contributed by atoms with Crippen LogP contribution in [0.1, 0.15) is 39.0 Å². The van der Waals surface area contributed by atoms with Gasteiger partial charge in [-0.15, -0.1) is 0 Å². The molecule has 2 atom stereocenters. The second-order valence-corrected chi connectivity index (χ2v) is 5.79. The minimum atomic E-state index is -0.800. The Bertz CT molecular complexity index is 368. The number of rotatable bonds is 4. The van der Waals surface area contributed by atoms with Gasteiger partial charge in [-0.3, -0.25) is 4.79 Å². The molecule has 6 heteroatoms. The van der Waals surface area contributed by atoms with Crippen molar-refractivity contribution in [1.29, 1.82) is 0 Å². The van der Waals surface area contributed by atoms with Crippen LogP contribution in [-0.4, -0.2) is 54.4 Å². The predicted molar refractivity (Wildman–Crippen MR) is 73.5 cm³/mol. The molecule has 2 fully saturated rings. The molecule has 6 nitrogen and oxygen atoms in total. The van der Waals surface area contributed by atoms with Gasteiger partial charge in [0.25, 0.3) is 0 Å². The first-order chi connectivity index (χ1) is 9.57. The van der Waals surface area contributed by atoms with E-state index in [1.165, 1.54) is 0 Å². The van der Waals surface area contributed by atoms with E-state index in [9.17, 15) is 14.7 Å². The van der Waals surface area contributed by atoms with Crippen LogP contribution >= 0.6 is 0 Å². The third-order valence-corrected chi connectivity index (χ3v) is 4.53. The fourth-order valence-corrected chi connectivity index (χ4v) is 2.94. The van der Waals surface area contributed by atoms with Gasteiger partial charge < -0.3 is 20.1 Å². The second kappa shape index (κ2) is 6.43. The van der Waals surface area contributed by atoms with Crippen LogP contribution in [0.5, 0.6) is 0 Å². The van der Waals surface area contributed by atoms with Gasteiger partial charge in [0.1, 0.15) is 0 Å². The quantitative estimate of drug-likeness (QED) is 0.819. The van der Waals surface area contributed by atoms with Gasteiger partial charge in [-0.25, -0.2) is 4.79 Å². The number of amides is 2. The number of aliphatic carboxylic acids is 1. The van der Waals surface area contributed by atoms with E-state index in [0.29, 0.717) is 32.5 Å². The lowest BCUT2D eigenvalue weighted by atomic mass is 9.84. The summed E-state index contributed by atoms with van der Waals surface area (Å²) in [6.07, 6.45) is 4.40. The molecule has 2 saturated heterocycles. The van der Waals surface area contributed by atoms with Crippen LogP contribution in [0.3, 0.4) is 0 Å². The van der Waals surface area contributed by atoms with Gasteiger partial charge in [0.2, 0.25) is 0 Å². The van der Waals surface area contributed by atoms with E-state index in [4.69, 9.17) is 4.74 Å². The van der Waals surface area contributed by atoms with E-state index in [0.717, 1.165) is 25.9 Å². The van der Waals surface area contributed by atoms with Crippen molar-refractivity contribution in [1.82, 2.24) is 10.2 Å². The highest BCUT2D eigenvalue weighted by Crippen LogP contribution is 2.34. The standard InChI is InChI=1S/C14H24N2O4/c1-2-14(12(17)18)6-7-16(10-14)13(19)15-9-11-5-3-4-8-20-11/h11H,2-10H2,1H3,(H,15,19)(H,17,18). The first-order valence-electron chi connectivity index (χ1n) is 7.45. The van der Waals surface area contributed by atoms with Crippen LogP contribution in [0, 0.1) is 5.41 Å². The summed E-state index contributed by atoms with van der Waals surface area (Å²) in [5.41, 5.74) is -0.765. The molecule has 0 aliphatic carbocycles. The van der Waals surface area contributed by atoms with Crippen molar-refractivity contribution in [2.24, 2.45) is 5.41 Å². The number of carboxylic acid groups (broad SMARTS) is 1. The summed E-state index contributed by atoms with van der Waals surface area (Å²) in [6, 6.07) is -0.171. The smallest absolute Gasteiger partial charge is 0.317 e. The molecule has 20 heavy (non-hydrogen) atoms. The summed E-state index contributed by atoms with van der Waals surface area (Å²) in [7, 11) is 0. The van der Waals surface area contributed by atoms with Crippen LogP contribution in [0.25, 0.3) is 0 Å². The van der Waals surface area contributed by atoms with E-state index in [-0.39, 0.29) is 12.1 Å². The highest BCUT2D eigenvalue weighted by molar-refractivity contribution is 5.79. The Morgan fingerprint density at radius 2 is 2.25 bits per heavy atom. The van der Waals surface area contributed by atoms with Gasteiger partial charge in [-0.1, -0.05) is 6.92 Å². The first-order valence-corrected chi connectivity index (χ1v) is 7.45. The average molecular weight is 284 g/mol. The number of likely N-dealkylation sites (tertiary alicyclic amines) is 1. The molecule has 0 aromatic heterocycles. The zero-order valence-corrected chi connectivity index (χ0v) is 12.1. The summed E-state index contributed by atoms with van der Waals surface area (Å²) in [5, 5.41) is 12.2. The average Bonchev–Trinajstić information content (AvgIpc) is 2.92. The van der Waals surface area contributed by atoms with Gasteiger partial charge in [-0.2, -0.15) is 0 Å². The van der Waals surface area contributed by atoms with Crippen LogP contribution in [-0.2, 0) is 9.53 Å². The van der Waals surface area contributed by atoms with Gasteiger partial charge >= 0.3 is 12.0 Å². The number of ether oxygens (including phenoxy) is 1. The van der Waals surface area contributed by atoms with E-state index in [1.54, 1.807) is 4.90 Å². The monoisotopic (exact) mass is 284 g/mol. The Morgan fingerprint density at radius 1 is 1.45 bits per heavy atom. The Balaban J connectivity index is 1.80. The van der Waals surface area contributed by atoms with Crippen molar-refractivity contribution < 1.29 is 19.4 Å². The van der Waals surface area contributed by atoms with Gasteiger partial charge in [-0.05, 0) is 32.1 Å². The molecule has 2 amide bonds. The molecule has 0 spiro atoms. The second-order valence-electron chi connectivity index (χ2n) is 5.79. The molecule has 2 heterocycles. The Labute approximate surface area is 119 Å². The fraction of sp³-hybridized carbons (Fsp3) is 0.857. The van der Waals surface area contributed by atoms with Crippen molar-refractivity contribution in [2.45, 2.75) is 45.1 Å². The Hall–Kier alpha value is -1.30. The lowest BCUT2D eigenvalue weighted by Crippen LogP contribution is -2.44. The summed E-state index contributed by atoms with van der Waals surface area (Å²) in [6.45, 7) is 3.96. The number of nitrogens with zero attached hydrogens (tertiary/aromatic N) is 1. The Kier molecular flexibility index (Phi) is 4.86. The number of carbonyl (C=O) groups excluding carboxylic acids is 1. The number of hydrogen-bond donors (Lipinski definition) is 2. The van der Waals surface area contributed by atoms with E-state index >= 15 is 0 Å². The van der Waals surface area contributed by atoms with E-state index < -0.39 is 11.4 Å². The van der Waals surface area contributed by atoms with Gasteiger partial charge in [0, 0.05) is 26.2 Å². The summed E-state index contributed by atoms with van der Waals surface area (Å²) in [4.78, 5) is 25.0. The largest absolute Gasteiger partial charge is 0.481 e. The van der Waals surface area contributed by atoms with Crippen molar-refractivity contribution in [2.75, 3.05) is 26.2 Å². The maximum absolute atomic E-state index is 12.1. The highest BCUT2D eigenvalue weighted by atomic mass is 16.5. The minimum absolute atomic E-state index is 0.103. The molecule has 0 radical (unpaired) electrons. The van der Waals surface area contributed by atoms with E-state index in [1.807, 2.05) is 6.92 Å². The lowest BCUT2D eigenvalue weighted by molar-refractivity contribution is -0.148. The van der Waals surface area contributed by atoms with E-state index in [2.05, 4.69) is 5.32 Å². The maximum atomic E-state index is 12.1. The maximum Gasteiger partial charge on any atom is 0.317 e. The highest BCUT2D eigenvalue weighted by Gasteiger charge is 2.44. The topological polar surface area (TPSA) is 78.9 Å². The summed E-state index contributed by atoms with van der Waals surface area (Å²) in [5.74, 6) is -0.800. The van der Waals surface area contributed by atoms with Crippen molar-refractivity contribution >= 4 is 12.0 Å². The van der Waals surface area contributed by atoms with Crippen molar-refractivity contribution in [3.63, 3.8) is 0 Å². The normalized spacial score (nSPS) is 30.2. The molecule has 0 bridgehead atoms. The number of carboxylic acids is 1. The lowest BCUT2D eigenvalue weighted by Gasteiger charge is -2.25. The zero-order chi connectivity index (χ0) is 14.6. The molecule has 2 aliphatic heterocycles. The van der Waals surface area contributed by atoms with Crippen LogP contribution in [0.4, 0.5) is 4.79 Å². The Morgan fingerprint density at radius 3 is 2.80 bits per heavy atom. The molecular formula is C14H24N2O4.